The highest BCUT2D eigenvalue weighted by Crippen LogP contribution is 2.40. The molecule has 1 aliphatic heterocycles. The van der Waals surface area contributed by atoms with Crippen LogP contribution in [0.25, 0.3) is 0 Å². The number of hydrogen-bond acceptors (Lipinski definition) is 5. The standard InChI is InChI=1S/C21H21ClF2N4O4/c1-26-20(32)16-18(30)17(29)12(10-28(16)27(2)21(26)7-3-4-8-21)19(31)25-9-11-5-6-13(23)14(22)15(11)24/h5-6,10,30H,3-4,7-9H2,1-2H3,(H,25,31). The number of carbonyl (C=O) groups excluding carboxylic acids is 2. The van der Waals surface area contributed by atoms with E-state index in [0.717, 1.165) is 25.0 Å². The Hall–Kier alpha value is -3.14. The second-order valence-electron chi connectivity index (χ2n) is 8.01. The molecule has 1 aromatic heterocycles. The van der Waals surface area contributed by atoms with Crippen LogP contribution in [0.1, 0.15) is 52.1 Å². The van der Waals surface area contributed by atoms with Crippen molar-refractivity contribution in [2.24, 2.45) is 0 Å². The van der Waals surface area contributed by atoms with Gasteiger partial charge in [0.05, 0.1) is 0 Å². The zero-order valence-corrected chi connectivity index (χ0v) is 18.2. The van der Waals surface area contributed by atoms with Gasteiger partial charge in [0.25, 0.3) is 11.8 Å². The van der Waals surface area contributed by atoms with E-state index in [0.29, 0.717) is 12.8 Å². The third-order valence-corrected chi connectivity index (χ3v) is 6.77. The molecule has 0 unspecified atom stereocenters. The van der Waals surface area contributed by atoms with Crippen molar-refractivity contribution >= 4 is 23.4 Å². The van der Waals surface area contributed by atoms with Crippen LogP contribution in [0.3, 0.4) is 0 Å². The lowest BCUT2D eigenvalue weighted by atomic mass is 10.0. The molecule has 11 heteroatoms. The number of aromatic nitrogens is 1. The SMILES string of the molecule is CN1C(=O)c2c(O)c(=O)c(C(=O)NCc3ccc(F)c(Cl)c3F)cn2N(C)C12CCCC2. The number of halogens is 3. The van der Waals surface area contributed by atoms with E-state index >= 15 is 0 Å². The average Bonchev–Trinajstić information content (AvgIpc) is 3.27. The lowest BCUT2D eigenvalue weighted by Gasteiger charge is -2.51. The number of amides is 2. The van der Waals surface area contributed by atoms with Gasteiger partial charge in [-0.1, -0.05) is 17.7 Å². The number of nitrogens with zero attached hydrogens (tertiary/aromatic N) is 3. The Morgan fingerprint density at radius 1 is 1.22 bits per heavy atom. The van der Waals surface area contributed by atoms with Gasteiger partial charge in [-0.3, -0.25) is 24.1 Å². The summed E-state index contributed by atoms with van der Waals surface area (Å²) >= 11 is 5.55. The van der Waals surface area contributed by atoms with Gasteiger partial charge in [0, 0.05) is 32.4 Å². The summed E-state index contributed by atoms with van der Waals surface area (Å²) in [5.41, 5.74) is -2.38. The number of nitrogens with one attached hydrogen (secondary N) is 1. The summed E-state index contributed by atoms with van der Waals surface area (Å²) < 4.78 is 28.8. The lowest BCUT2D eigenvalue weighted by Crippen LogP contribution is -2.67. The molecule has 2 N–H and O–H groups in total. The highest BCUT2D eigenvalue weighted by molar-refractivity contribution is 6.30. The Kier molecular flexibility index (Phi) is 5.36. The average molecular weight is 467 g/mol. The van der Waals surface area contributed by atoms with Crippen molar-refractivity contribution in [2.45, 2.75) is 37.9 Å². The molecular weight excluding hydrogens is 446 g/mol. The van der Waals surface area contributed by atoms with Gasteiger partial charge in [-0.2, -0.15) is 0 Å². The molecule has 1 spiro atoms. The van der Waals surface area contributed by atoms with Crippen LogP contribution in [-0.2, 0) is 6.54 Å². The van der Waals surface area contributed by atoms with Crippen LogP contribution in [0.5, 0.6) is 5.75 Å². The van der Waals surface area contributed by atoms with Crippen molar-refractivity contribution in [3.8, 4) is 5.75 Å². The van der Waals surface area contributed by atoms with Gasteiger partial charge in [-0.25, -0.2) is 8.78 Å². The van der Waals surface area contributed by atoms with E-state index in [4.69, 9.17) is 11.6 Å². The fraction of sp³-hybridized carbons (Fsp3) is 0.381. The summed E-state index contributed by atoms with van der Waals surface area (Å²) in [6.45, 7) is -0.367. The number of fused-ring (bicyclic) bond motifs is 1. The van der Waals surface area contributed by atoms with E-state index < -0.39 is 50.9 Å². The fourth-order valence-electron chi connectivity index (χ4n) is 4.53. The maximum absolute atomic E-state index is 14.1. The topological polar surface area (TPSA) is 94.9 Å². The first kappa shape index (κ1) is 22.1. The van der Waals surface area contributed by atoms with Gasteiger partial charge in [-0.15, -0.1) is 0 Å². The monoisotopic (exact) mass is 466 g/mol. The van der Waals surface area contributed by atoms with E-state index in [9.17, 15) is 28.3 Å². The number of hydrogen-bond donors (Lipinski definition) is 2. The maximum Gasteiger partial charge on any atom is 0.278 e. The first-order valence-corrected chi connectivity index (χ1v) is 10.4. The molecule has 2 amide bonds. The zero-order valence-electron chi connectivity index (χ0n) is 17.4. The quantitative estimate of drug-likeness (QED) is 0.677. The molecule has 0 bridgehead atoms. The van der Waals surface area contributed by atoms with Crippen LogP contribution in [0.4, 0.5) is 8.78 Å². The normalized spacial score (nSPS) is 17.1. The third kappa shape index (κ3) is 3.12. The van der Waals surface area contributed by atoms with Crippen molar-refractivity contribution in [3.63, 3.8) is 0 Å². The summed E-state index contributed by atoms with van der Waals surface area (Å²) in [5, 5.41) is 13.9. The first-order chi connectivity index (χ1) is 15.1. The fourth-order valence-corrected chi connectivity index (χ4v) is 4.71. The van der Waals surface area contributed by atoms with E-state index in [1.54, 1.807) is 19.1 Å². The molecule has 1 saturated carbocycles. The van der Waals surface area contributed by atoms with Crippen molar-refractivity contribution in [1.29, 1.82) is 0 Å². The summed E-state index contributed by atoms with van der Waals surface area (Å²) in [6, 6.07) is 2.09. The summed E-state index contributed by atoms with van der Waals surface area (Å²) in [5.74, 6) is -4.20. The molecule has 0 atom stereocenters. The van der Waals surface area contributed by atoms with Gasteiger partial charge in [0.15, 0.2) is 11.4 Å². The number of rotatable bonds is 3. The predicted molar refractivity (Wildman–Crippen MR) is 112 cm³/mol. The molecule has 0 radical (unpaired) electrons. The molecule has 2 aromatic rings. The molecule has 4 rings (SSSR count). The van der Waals surface area contributed by atoms with Gasteiger partial charge < -0.3 is 15.3 Å². The molecule has 170 valence electrons. The summed E-state index contributed by atoms with van der Waals surface area (Å²) in [7, 11) is 3.35. The van der Waals surface area contributed by atoms with Crippen LogP contribution in [0.15, 0.2) is 23.1 Å². The minimum Gasteiger partial charge on any atom is -0.502 e. The Balaban J connectivity index is 1.70. The molecule has 1 aliphatic carbocycles. The Labute approximate surface area is 187 Å². The van der Waals surface area contributed by atoms with Crippen LogP contribution >= 0.6 is 11.6 Å². The summed E-state index contributed by atoms with van der Waals surface area (Å²) in [4.78, 5) is 39.9. The van der Waals surface area contributed by atoms with E-state index in [1.807, 2.05) is 0 Å². The third-order valence-electron chi connectivity index (χ3n) is 6.43. The van der Waals surface area contributed by atoms with Crippen LogP contribution in [-0.4, -0.2) is 46.3 Å². The van der Waals surface area contributed by atoms with Gasteiger partial charge in [0.1, 0.15) is 27.9 Å². The highest BCUT2D eigenvalue weighted by Gasteiger charge is 2.49. The molecule has 8 nitrogen and oxygen atoms in total. The van der Waals surface area contributed by atoms with E-state index in [1.165, 1.54) is 15.8 Å². The van der Waals surface area contributed by atoms with Gasteiger partial charge in [0.2, 0.25) is 5.43 Å². The minimum atomic E-state index is -1.02. The Morgan fingerprint density at radius 3 is 2.53 bits per heavy atom. The minimum absolute atomic E-state index is 0.0779. The molecule has 2 heterocycles. The molecule has 32 heavy (non-hydrogen) atoms. The Bertz CT molecular complexity index is 1190. The van der Waals surface area contributed by atoms with E-state index in [-0.39, 0.29) is 17.8 Å². The summed E-state index contributed by atoms with van der Waals surface area (Å²) in [6.07, 6.45) is 4.41. The Morgan fingerprint density at radius 2 is 1.88 bits per heavy atom. The van der Waals surface area contributed by atoms with Crippen molar-refractivity contribution in [3.05, 3.63) is 62.0 Å². The second kappa shape index (κ2) is 7.77. The van der Waals surface area contributed by atoms with Crippen LogP contribution in [0, 0.1) is 11.6 Å². The second-order valence-corrected chi connectivity index (χ2v) is 8.39. The molecular formula is C21H21ClF2N4O4. The number of pyridine rings is 1. The molecule has 0 saturated heterocycles. The zero-order chi connectivity index (χ0) is 23.4. The van der Waals surface area contributed by atoms with Crippen LogP contribution < -0.4 is 15.8 Å². The predicted octanol–water partition coefficient (Wildman–Crippen LogP) is 2.34. The van der Waals surface area contributed by atoms with Crippen molar-refractivity contribution in [1.82, 2.24) is 14.9 Å². The number of carbonyl (C=O) groups is 2. The van der Waals surface area contributed by atoms with Gasteiger partial charge in [-0.05, 0) is 31.7 Å². The van der Waals surface area contributed by atoms with Crippen LogP contribution in [0.2, 0.25) is 5.02 Å². The smallest absolute Gasteiger partial charge is 0.278 e. The van der Waals surface area contributed by atoms with Crippen molar-refractivity contribution < 1.29 is 23.5 Å². The molecule has 1 fully saturated rings. The van der Waals surface area contributed by atoms with Gasteiger partial charge >= 0.3 is 0 Å². The van der Waals surface area contributed by atoms with Crippen molar-refractivity contribution in [2.75, 3.05) is 19.1 Å². The molecule has 1 aromatic carbocycles. The lowest BCUT2D eigenvalue weighted by molar-refractivity contribution is 0.0404. The molecule has 2 aliphatic rings. The number of benzene rings is 1. The first-order valence-electron chi connectivity index (χ1n) is 10.0. The van der Waals surface area contributed by atoms with E-state index in [2.05, 4.69) is 5.32 Å². The highest BCUT2D eigenvalue weighted by atomic mass is 35.5. The number of aromatic hydroxyl groups is 1. The maximum atomic E-state index is 14.1. The largest absolute Gasteiger partial charge is 0.502 e.